The molecule has 0 spiro atoms. The van der Waals surface area contributed by atoms with Gasteiger partial charge in [-0.3, -0.25) is 14.5 Å². The molecule has 0 saturated heterocycles. The summed E-state index contributed by atoms with van der Waals surface area (Å²) in [5.41, 5.74) is 1.18. The van der Waals surface area contributed by atoms with E-state index in [1.807, 2.05) is 18.2 Å². The van der Waals surface area contributed by atoms with E-state index in [1.54, 1.807) is 36.1 Å². The van der Waals surface area contributed by atoms with Crippen molar-refractivity contribution < 1.29 is 22.7 Å². The molecule has 32 heavy (non-hydrogen) atoms. The molecule has 170 valence electrons. The van der Waals surface area contributed by atoms with Crippen molar-refractivity contribution in [2.45, 2.75) is 31.9 Å². The predicted molar refractivity (Wildman–Crippen MR) is 119 cm³/mol. The first-order valence-corrected chi connectivity index (χ1v) is 12.0. The Bertz CT molecular complexity index is 1180. The van der Waals surface area contributed by atoms with Gasteiger partial charge in [0, 0.05) is 32.1 Å². The van der Waals surface area contributed by atoms with Gasteiger partial charge in [-0.2, -0.15) is 0 Å². The van der Waals surface area contributed by atoms with Gasteiger partial charge in [0.25, 0.3) is 10.0 Å². The number of benzene rings is 1. The second kappa shape index (κ2) is 10.0. The molecule has 0 bridgehead atoms. The number of nitrogens with zero attached hydrogens (tertiary/aromatic N) is 4. The summed E-state index contributed by atoms with van der Waals surface area (Å²) in [5.74, 6) is -0.210. The van der Waals surface area contributed by atoms with Crippen LogP contribution in [0.2, 0.25) is 0 Å². The van der Waals surface area contributed by atoms with Crippen molar-refractivity contribution in [2.24, 2.45) is 7.05 Å². The lowest BCUT2D eigenvalue weighted by molar-refractivity contribution is -0.144. The van der Waals surface area contributed by atoms with Crippen LogP contribution in [0.15, 0.2) is 46.9 Å². The summed E-state index contributed by atoms with van der Waals surface area (Å²) < 4.78 is 33.5. The topological polar surface area (TPSA) is 123 Å². The van der Waals surface area contributed by atoms with Gasteiger partial charge >= 0.3 is 5.97 Å². The van der Waals surface area contributed by atoms with Gasteiger partial charge in [0.2, 0.25) is 5.91 Å². The van der Waals surface area contributed by atoms with E-state index in [9.17, 15) is 18.0 Å². The summed E-state index contributed by atoms with van der Waals surface area (Å²) in [6, 6.07) is 9.10. The molecule has 0 aliphatic carbocycles. The number of para-hydroxylation sites is 1. The standard InChI is InChI=1S/C20H23N5O5S2/c1-14-22-18(11-24(14)3)32(28,29)21-10-9-19(27)30-12-16-13-31-20(23-16)25(15(2)26)17-7-5-4-6-8-17/h4-8,11,13,21H,9-10,12H2,1-3H3. The Hall–Kier alpha value is -3.09. The van der Waals surface area contributed by atoms with Crippen molar-refractivity contribution in [3.8, 4) is 0 Å². The van der Waals surface area contributed by atoms with E-state index in [0.29, 0.717) is 22.3 Å². The number of esters is 1. The number of aromatic nitrogens is 3. The van der Waals surface area contributed by atoms with Crippen LogP contribution >= 0.6 is 11.3 Å². The van der Waals surface area contributed by atoms with E-state index in [0.717, 1.165) is 0 Å². The lowest BCUT2D eigenvalue weighted by Gasteiger charge is -2.17. The number of aryl methyl sites for hydroxylation is 2. The van der Waals surface area contributed by atoms with E-state index in [4.69, 9.17) is 4.74 Å². The Kier molecular flexibility index (Phi) is 7.38. The fraction of sp³-hybridized carbons (Fsp3) is 0.300. The molecule has 0 unspecified atom stereocenters. The maximum Gasteiger partial charge on any atom is 0.307 e. The van der Waals surface area contributed by atoms with E-state index < -0.39 is 16.0 Å². The van der Waals surface area contributed by atoms with Gasteiger partial charge in [0.05, 0.1) is 17.8 Å². The van der Waals surface area contributed by atoms with Gasteiger partial charge in [-0.25, -0.2) is 23.1 Å². The van der Waals surface area contributed by atoms with Gasteiger partial charge in [0.15, 0.2) is 10.2 Å². The van der Waals surface area contributed by atoms with Crippen LogP contribution in [0.25, 0.3) is 0 Å². The molecule has 0 atom stereocenters. The maximum absolute atomic E-state index is 12.2. The van der Waals surface area contributed by atoms with Crippen LogP contribution in [0.1, 0.15) is 24.9 Å². The highest BCUT2D eigenvalue weighted by molar-refractivity contribution is 7.89. The smallest absolute Gasteiger partial charge is 0.307 e. The number of carbonyl (C=O) groups is 2. The highest BCUT2D eigenvalue weighted by Gasteiger charge is 2.20. The first kappa shape index (κ1) is 23.6. The Labute approximate surface area is 189 Å². The molecule has 1 amide bonds. The number of hydrogen-bond acceptors (Lipinski definition) is 8. The van der Waals surface area contributed by atoms with Crippen molar-refractivity contribution in [3.05, 3.63) is 53.4 Å². The first-order chi connectivity index (χ1) is 15.2. The summed E-state index contributed by atoms with van der Waals surface area (Å²) >= 11 is 1.26. The maximum atomic E-state index is 12.2. The van der Waals surface area contributed by atoms with Gasteiger partial charge in [-0.15, -0.1) is 11.3 Å². The number of rotatable bonds is 9. The molecule has 2 heterocycles. The fourth-order valence-electron chi connectivity index (χ4n) is 2.71. The van der Waals surface area contributed by atoms with Crippen LogP contribution in [0.4, 0.5) is 10.8 Å². The molecule has 0 aliphatic rings. The third-order valence-electron chi connectivity index (χ3n) is 4.42. The fourth-order valence-corrected chi connectivity index (χ4v) is 4.65. The summed E-state index contributed by atoms with van der Waals surface area (Å²) in [7, 11) is -2.11. The Balaban J connectivity index is 1.51. The number of imidazole rings is 1. The van der Waals surface area contributed by atoms with Crippen LogP contribution in [-0.2, 0) is 38.0 Å². The zero-order valence-electron chi connectivity index (χ0n) is 17.8. The normalized spacial score (nSPS) is 11.3. The number of amides is 1. The van der Waals surface area contributed by atoms with Crippen molar-refractivity contribution in [1.82, 2.24) is 19.3 Å². The summed E-state index contributed by atoms with van der Waals surface area (Å²) in [5, 5.41) is 2.07. The molecule has 3 aromatic rings. The zero-order valence-corrected chi connectivity index (χ0v) is 19.4. The number of carbonyl (C=O) groups excluding carboxylic acids is 2. The minimum absolute atomic E-state index is 0.0813. The largest absolute Gasteiger partial charge is 0.459 e. The quantitative estimate of drug-likeness (QED) is 0.469. The van der Waals surface area contributed by atoms with Gasteiger partial charge in [-0.1, -0.05) is 18.2 Å². The molecule has 1 N–H and O–H groups in total. The van der Waals surface area contributed by atoms with E-state index in [-0.39, 0.29) is 30.5 Å². The molecule has 0 radical (unpaired) electrons. The average Bonchev–Trinajstić information content (AvgIpc) is 3.34. The van der Waals surface area contributed by atoms with Crippen molar-refractivity contribution in [2.75, 3.05) is 11.4 Å². The number of nitrogens with one attached hydrogen (secondary N) is 1. The van der Waals surface area contributed by atoms with Gasteiger partial charge in [-0.05, 0) is 19.1 Å². The van der Waals surface area contributed by atoms with E-state index in [2.05, 4.69) is 14.7 Å². The number of sulfonamides is 1. The van der Waals surface area contributed by atoms with Crippen LogP contribution in [0, 0.1) is 6.92 Å². The van der Waals surface area contributed by atoms with Gasteiger partial charge < -0.3 is 9.30 Å². The first-order valence-electron chi connectivity index (χ1n) is 9.63. The molecular weight excluding hydrogens is 454 g/mol. The third-order valence-corrected chi connectivity index (χ3v) is 6.63. The van der Waals surface area contributed by atoms with Crippen LogP contribution < -0.4 is 9.62 Å². The van der Waals surface area contributed by atoms with Crippen LogP contribution in [0.5, 0.6) is 0 Å². The lowest BCUT2D eigenvalue weighted by Crippen LogP contribution is -2.27. The predicted octanol–water partition coefficient (Wildman–Crippen LogP) is 2.28. The van der Waals surface area contributed by atoms with Gasteiger partial charge in [0.1, 0.15) is 12.4 Å². The van der Waals surface area contributed by atoms with Crippen LogP contribution in [-0.4, -0.2) is 41.4 Å². The van der Waals surface area contributed by atoms with E-state index in [1.165, 1.54) is 29.4 Å². The number of anilines is 2. The molecular formula is C20H23N5O5S2. The highest BCUT2D eigenvalue weighted by Crippen LogP contribution is 2.28. The Morgan fingerprint density at radius 3 is 2.56 bits per heavy atom. The Morgan fingerprint density at radius 2 is 1.94 bits per heavy atom. The van der Waals surface area contributed by atoms with E-state index >= 15 is 0 Å². The SMILES string of the molecule is CC(=O)N(c1ccccc1)c1nc(COC(=O)CCNS(=O)(=O)c2cn(C)c(C)n2)cs1. The minimum Gasteiger partial charge on any atom is -0.459 e. The lowest BCUT2D eigenvalue weighted by atomic mass is 10.3. The number of thiazole rings is 1. The molecule has 2 aromatic heterocycles. The summed E-state index contributed by atoms with van der Waals surface area (Å²) in [6.45, 7) is 2.93. The molecule has 0 fully saturated rings. The molecule has 1 aromatic carbocycles. The van der Waals surface area contributed by atoms with Crippen molar-refractivity contribution >= 4 is 44.1 Å². The van der Waals surface area contributed by atoms with Crippen molar-refractivity contribution in [1.29, 1.82) is 0 Å². The third kappa shape index (κ3) is 5.78. The number of hydrogen-bond donors (Lipinski definition) is 1. The molecule has 10 nitrogen and oxygen atoms in total. The zero-order chi connectivity index (χ0) is 23.3. The second-order valence-corrected chi connectivity index (χ2v) is 9.41. The highest BCUT2D eigenvalue weighted by atomic mass is 32.2. The average molecular weight is 478 g/mol. The molecule has 0 saturated carbocycles. The van der Waals surface area contributed by atoms with Crippen LogP contribution in [0.3, 0.4) is 0 Å². The molecule has 12 heteroatoms. The van der Waals surface area contributed by atoms with Crippen molar-refractivity contribution in [3.63, 3.8) is 0 Å². The minimum atomic E-state index is -3.80. The number of ether oxygens (including phenoxy) is 1. The summed E-state index contributed by atoms with van der Waals surface area (Å²) in [4.78, 5) is 33.9. The Morgan fingerprint density at radius 1 is 1.22 bits per heavy atom. The second-order valence-electron chi connectivity index (χ2n) is 6.86. The summed E-state index contributed by atoms with van der Waals surface area (Å²) in [6.07, 6.45) is 1.25. The molecule has 0 aliphatic heterocycles. The monoisotopic (exact) mass is 477 g/mol. The molecule has 3 rings (SSSR count).